The van der Waals surface area contributed by atoms with Crippen molar-refractivity contribution in [1.29, 1.82) is 0 Å². The van der Waals surface area contributed by atoms with Crippen molar-refractivity contribution in [2.75, 3.05) is 0 Å². The fraction of sp³-hybridized carbons (Fsp3) is 0.429. The summed E-state index contributed by atoms with van der Waals surface area (Å²) in [5.41, 5.74) is 0. The molecule has 0 N–H and O–H groups in total. The average molecular weight is 141 g/mol. The molecule has 1 aromatic rings. The smallest absolute Gasteiger partial charge is 0.396 e. The number of rotatable bonds is 1. The lowest BCUT2D eigenvalue weighted by atomic mass is 10.1. The molecule has 0 atom stereocenters. The zero-order valence-corrected chi connectivity index (χ0v) is 6.01. The van der Waals surface area contributed by atoms with E-state index in [1.807, 2.05) is 13.8 Å². The Balaban J connectivity index is 3.15. The van der Waals surface area contributed by atoms with Gasteiger partial charge >= 0.3 is 5.82 Å². The summed E-state index contributed by atoms with van der Waals surface area (Å²) >= 11 is 0. The molecule has 1 radical (unpaired) electrons. The third-order valence-corrected chi connectivity index (χ3v) is 1.20. The van der Waals surface area contributed by atoms with Gasteiger partial charge in [0.1, 0.15) is 0 Å². The second kappa shape index (κ2) is 2.33. The van der Waals surface area contributed by atoms with Crippen LogP contribution in [0.2, 0.25) is 0 Å². The largest absolute Gasteiger partial charge is 0.519 e. The van der Waals surface area contributed by atoms with Gasteiger partial charge in [-0.25, -0.2) is 4.79 Å². The Morgan fingerprint density at radius 3 is 2.20 bits per heavy atom. The van der Waals surface area contributed by atoms with E-state index in [2.05, 4.69) is 11.3 Å². The molecule has 0 fully saturated rings. The number of hydrogen-bond acceptors (Lipinski definition) is 3. The Labute approximate surface area is 58.7 Å². The minimum atomic E-state index is -0.672. The van der Waals surface area contributed by atoms with Crippen LogP contribution in [0.3, 0.4) is 0 Å². The summed E-state index contributed by atoms with van der Waals surface area (Å²) in [5.74, 6) is 0.345. The zero-order valence-electron chi connectivity index (χ0n) is 6.01. The van der Waals surface area contributed by atoms with E-state index in [9.17, 15) is 4.79 Å². The Bertz CT molecular complexity index is 267. The lowest BCUT2D eigenvalue weighted by molar-refractivity contribution is 0.366. The van der Waals surface area contributed by atoms with Gasteiger partial charge in [0, 0.05) is 12.8 Å². The molecule has 3 nitrogen and oxygen atoms in total. The van der Waals surface area contributed by atoms with Crippen molar-refractivity contribution in [3.63, 3.8) is 0 Å². The van der Waals surface area contributed by atoms with Crippen LogP contribution in [-0.4, -0.2) is 0 Å². The molecule has 1 heterocycles. The van der Waals surface area contributed by atoms with Gasteiger partial charge in [0.25, 0.3) is 0 Å². The summed E-state index contributed by atoms with van der Waals surface area (Å²) in [6.45, 7) is 7.31. The van der Waals surface area contributed by atoms with Crippen LogP contribution in [-0.2, 0) is 0 Å². The maximum absolute atomic E-state index is 10.4. The lowest BCUT2D eigenvalue weighted by Gasteiger charge is -1.95. The summed E-state index contributed by atoms with van der Waals surface area (Å²) in [4.78, 5) is 10.4. The molecule has 0 saturated heterocycles. The fourth-order valence-electron chi connectivity index (χ4n) is 0.758. The quantitative estimate of drug-likeness (QED) is 0.595. The summed E-state index contributed by atoms with van der Waals surface area (Å²) < 4.78 is 9.23. The van der Waals surface area contributed by atoms with Crippen LogP contribution < -0.4 is 5.82 Å². The van der Waals surface area contributed by atoms with Gasteiger partial charge in [-0.1, -0.05) is 13.8 Å². The Morgan fingerprint density at radius 2 is 2.00 bits per heavy atom. The first-order chi connectivity index (χ1) is 4.61. The minimum Gasteiger partial charge on any atom is -0.396 e. The van der Waals surface area contributed by atoms with E-state index in [0.717, 1.165) is 0 Å². The van der Waals surface area contributed by atoms with Gasteiger partial charge in [0.15, 0.2) is 11.5 Å². The van der Waals surface area contributed by atoms with E-state index >= 15 is 0 Å². The van der Waals surface area contributed by atoms with Gasteiger partial charge in [0.05, 0.1) is 0 Å². The molecule has 0 aliphatic rings. The topological polar surface area (TPSA) is 43.4 Å². The Morgan fingerprint density at radius 1 is 1.40 bits per heavy atom. The van der Waals surface area contributed by atoms with E-state index in [0.29, 0.717) is 11.5 Å². The van der Waals surface area contributed by atoms with E-state index in [4.69, 9.17) is 4.42 Å². The van der Waals surface area contributed by atoms with Crippen molar-refractivity contribution in [3.05, 3.63) is 29.1 Å². The predicted octanol–water partition coefficient (Wildman–Crippen LogP) is 1.54. The van der Waals surface area contributed by atoms with Crippen LogP contribution in [0.25, 0.3) is 0 Å². The van der Waals surface area contributed by atoms with Gasteiger partial charge in [-0.05, 0) is 0 Å². The van der Waals surface area contributed by atoms with Crippen LogP contribution in [0.4, 0.5) is 0 Å². The molecule has 10 heavy (non-hydrogen) atoms. The maximum atomic E-state index is 10.4. The van der Waals surface area contributed by atoms with Gasteiger partial charge < -0.3 is 8.83 Å². The average Bonchev–Trinajstić information content (AvgIpc) is 2.10. The minimum absolute atomic E-state index is 0.152. The molecule has 55 valence electrons. The summed E-state index contributed by atoms with van der Waals surface area (Å²) in [7, 11) is 0. The molecule has 0 amide bonds. The van der Waals surface area contributed by atoms with Crippen LogP contribution in [0.5, 0.6) is 0 Å². The molecular formula is C7H9O3. The van der Waals surface area contributed by atoms with Crippen LogP contribution in [0.1, 0.15) is 31.3 Å². The van der Waals surface area contributed by atoms with Gasteiger partial charge in [-0.3, -0.25) is 0 Å². The van der Waals surface area contributed by atoms with E-state index in [-0.39, 0.29) is 5.92 Å². The third kappa shape index (κ3) is 1.12. The third-order valence-electron chi connectivity index (χ3n) is 1.20. The van der Waals surface area contributed by atoms with E-state index < -0.39 is 5.82 Å². The summed E-state index contributed by atoms with van der Waals surface area (Å²) in [6, 6.07) is 0. The molecule has 0 aliphatic carbocycles. The van der Waals surface area contributed by atoms with Crippen LogP contribution in [0.15, 0.2) is 13.6 Å². The van der Waals surface area contributed by atoms with Crippen molar-refractivity contribution in [2.24, 2.45) is 0 Å². The lowest BCUT2D eigenvalue weighted by Crippen LogP contribution is -1.88. The maximum Gasteiger partial charge on any atom is 0.519 e. The molecule has 0 aromatic carbocycles. The molecule has 0 bridgehead atoms. The Kier molecular flexibility index (Phi) is 1.66. The van der Waals surface area contributed by atoms with Crippen molar-refractivity contribution >= 4 is 0 Å². The second-order valence-electron chi connectivity index (χ2n) is 2.40. The molecule has 0 aliphatic heterocycles. The Hall–Kier alpha value is -0.990. The highest BCUT2D eigenvalue weighted by molar-refractivity contribution is 5.09. The van der Waals surface area contributed by atoms with Crippen molar-refractivity contribution in [1.82, 2.24) is 0 Å². The molecule has 1 aromatic heterocycles. The first kappa shape index (κ1) is 7.12. The molecule has 1 rings (SSSR count). The van der Waals surface area contributed by atoms with Crippen LogP contribution >= 0.6 is 0 Å². The SMILES string of the molecule is [CH2]c1oc(=O)oc1C(C)C. The normalized spacial score (nSPS) is 10.8. The summed E-state index contributed by atoms with van der Waals surface area (Å²) in [5, 5.41) is 0. The van der Waals surface area contributed by atoms with E-state index in [1.54, 1.807) is 0 Å². The highest BCUT2D eigenvalue weighted by Gasteiger charge is 2.10. The monoisotopic (exact) mass is 141 g/mol. The second-order valence-corrected chi connectivity index (χ2v) is 2.40. The first-order valence-electron chi connectivity index (χ1n) is 3.07. The fourth-order valence-corrected chi connectivity index (χ4v) is 0.758. The zero-order chi connectivity index (χ0) is 7.72. The highest BCUT2D eigenvalue weighted by atomic mass is 16.6. The van der Waals surface area contributed by atoms with Crippen molar-refractivity contribution in [2.45, 2.75) is 19.8 Å². The van der Waals surface area contributed by atoms with Gasteiger partial charge in [-0.15, -0.1) is 0 Å². The van der Waals surface area contributed by atoms with Crippen molar-refractivity contribution in [3.8, 4) is 0 Å². The van der Waals surface area contributed by atoms with Gasteiger partial charge in [0.2, 0.25) is 0 Å². The number of hydrogen-bond donors (Lipinski definition) is 0. The molecular weight excluding hydrogens is 132 g/mol. The molecule has 0 unspecified atom stereocenters. The molecule has 0 saturated carbocycles. The molecule has 3 heteroatoms. The molecule has 0 spiro atoms. The standard InChI is InChI=1S/C7H9O3/c1-4(2)6-5(3)9-7(8)10-6/h4H,3H2,1-2H3. The van der Waals surface area contributed by atoms with E-state index in [1.165, 1.54) is 0 Å². The highest BCUT2D eigenvalue weighted by Crippen LogP contribution is 2.16. The summed E-state index contributed by atoms with van der Waals surface area (Å²) in [6.07, 6.45) is 0. The predicted molar refractivity (Wildman–Crippen MR) is 35.8 cm³/mol. The van der Waals surface area contributed by atoms with Gasteiger partial charge in [-0.2, -0.15) is 0 Å². The van der Waals surface area contributed by atoms with Crippen LogP contribution in [0, 0.1) is 6.92 Å². The van der Waals surface area contributed by atoms with Crippen molar-refractivity contribution < 1.29 is 8.83 Å². The first-order valence-corrected chi connectivity index (χ1v) is 3.07.